The number of urea groups is 1. The standard InChI is InChI=1S/C17H25F2N3O2/c1-11(2)21(3)17(23)22-9-12(7-8-13(10-22)24-20)14-5-4-6-15(18)16(14)19/h4-6,11-13H,7-10,20H2,1-3H3/t12-,13-/m1/s1. The lowest BCUT2D eigenvalue weighted by atomic mass is 9.93. The van der Waals surface area contributed by atoms with Crippen LogP contribution in [-0.2, 0) is 4.84 Å². The third kappa shape index (κ3) is 4.02. The molecule has 0 spiro atoms. The zero-order valence-electron chi connectivity index (χ0n) is 14.3. The highest BCUT2D eigenvalue weighted by molar-refractivity contribution is 5.74. The van der Waals surface area contributed by atoms with E-state index in [9.17, 15) is 13.6 Å². The molecule has 2 amide bonds. The summed E-state index contributed by atoms with van der Waals surface area (Å²) in [4.78, 5) is 20.8. The largest absolute Gasteiger partial charge is 0.325 e. The molecule has 0 saturated carbocycles. The Morgan fingerprint density at radius 2 is 2.04 bits per heavy atom. The van der Waals surface area contributed by atoms with Crippen LogP contribution in [0.5, 0.6) is 0 Å². The highest BCUT2D eigenvalue weighted by Gasteiger charge is 2.31. The zero-order chi connectivity index (χ0) is 17.9. The van der Waals surface area contributed by atoms with Crippen molar-refractivity contribution in [2.24, 2.45) is 5.90 Å². The normalized spacial score (nSPS) is 21.7. The molecule has 1 aliphatic rings. The molecule has 1 fully saturated rings. The minimum absolute atomic E-state index is 0.0300. The number of carbonyl (C=O) groups is 1. The van der Waals surface area contributed by atoms with Gasteiger partial charge in [0.05, 0.1) is 12.6 Å². The summed E-state index contributed by atoms with van der Waals surface area (Å²) in [5, 5.41) is 0. The van der Waals surface area contributed by atoms with Gasteiger partial charge in [-0.2, -0.15) is 0 Å². The molecule has 1 saturated heterocycles. The lowest BCUT2D eigenvalue weighted by Crippen LogP contribution is -2.47. The average Bonchev–Trinajstić information content (AvgIpc) is 2.78. The Balaban J connectivity index is 2.28. The number of amides is 2. The molecule has 2 atom stereocenters. The Morgan fingerprint density at radius 1 is 1.33 bits per heavy atom. The van der Waals surface area contributed by atoms with Crippen LogP contribution < -0.4 is 5.90 Å². The summed E-state index contributed by atoms with van der Waals surface area (Å²) in [6.07, 6.45) is 0.820. The van der Waals surface area contributed by atoms with E-state index < -0.39 is 11.6 Å². The molecule has 24 heavy (non-hydrogen) atoms. The van der Waals surface area contributed by atoms with Crippen molar-refractivity contribution in [3.05, 3.63) is 35.4 Å². The third-order valence-corrected chi connectivity index (χ3v) is 4.66. The number of halogens is 2. The number of hydrogen-bond acceptors (Lipinski definition) is 3. The van der Waals surface area contributed by atoms with Crippen LogP contribution in [0.1, 0.15) is 38.2 Å². The summed E-state index contributed by atoms with van der Waals surface area (Å²) in [6, 6.07) is 4.01. The molecule has 1 heterocycles. The molecule has 1 aromatic carbocycles. The van der Waals surface area contributed by atoms with Crippen molar-refractivity contribution in [1.29, 1.82) is 0 Å². The number of benzene rings is 1. The van der Waals surface area contributed by atoms with Gasteiger partial charge >= 0.3 is 6.03 Å². The van der Waals surface area contributed by atoms with Crippen molar-refractivity contribution in [1.82, 2.24) is 9.80 Å². The number of nitrogens with zero attached hydrogens (tertiary/aromatic N) is 2. The second-order valence-electron chi connectivity index (χ2n) is 6.57. The predicted octanol–water partition coefficient (Wildman–Crippen LogP) is 2.86. The predicted molar refractivity (Wildman–Crippen MR) is 87.3 cm³/mol. The van der Waals surface area contributed by atoms with Gasteiger partial charge in [0, 0.05) is 25.6 Å². The van der Waals surface area contributed by atoms with Gasteiger partial charge in [0.25, 0.3) is 0 Å². The lowest BCUT2D eigenvalue weighted by molar-refractivity contribution is 0.0312. The molecular weight excluding hydrogens is 316 g/mol. The molecule has 0 unspecified atom stereocenters. The molecule has 0 radical (unpaired) electrons. The summed E-state index contributed by atoms with van der Waals surface area (Å²) in [5.74, 6) is 3.30. The molecule has 0 aromatic heterocycles. The van der Waals surface area contributed by atoms with Crippen LogP contribution in [0.4, 0.5) is 13.6 Å². The van der Waals surface area contributed by atoms with Crippen molar-refractivity contribution >= 4 is 6.03 Å². The van der Waals surface area contributed by atoms with E-state index in [0.29, 0.717) is 25.9 Å². The summed E-state index contributed by atoms with van der Waals surface area (Å²) in [6.45, 7) is 4.46. The molecule has 7 heteroatoms. The monoisotopic (exact) mass is 341 g/mol. The fourth-order valence-electron chi connectivity index (χ4n) is 2.96. The Hall–Kier alpha value is -1.73. The number of rotatable bonds is 3. The third-order valence-electron chi connectivity index (χ3n) is 4.66. The summed E-state index contributed by atoms with van der Waals surface area (Å²) < 4.78 is 27.7. The maximum absolute atomic E-state index is 14.2. The second kappa shape index (κ2) is 7.90. The second-order valence-corrected chi connectivity index (χ2v) is 6.57. The van der Waals surface area contributed by atoms with E-state index in [1.54, 1.807) is 22.9 Å². The van der Waals surface area contributed by atoms with Gasteiger partial charge in [0.2, 0.25) is 0 Å². The van der Waals surface area contributed by atoms with E-state index in [4.69, 9.17) is 10.7 Å². The highest BCUT2D eigenvalue weighted by Crippen LogP contribution is 2.30. The minimum atomic E-state index is -0.874. The summed E-state index contributed by atoms with van der Waals surface area (Å²) >= 11 is 0. The van der Waals surface area contributed by atoms with Crippen molar-refractivity contribution in [2.45, 2.75) is 44.8 Å². The SMILES string of the molecule is CC(C)N(C)C(=O)N1C[C@H](ON)CC[C@@H](c2cccc(F)c2F)C1. The van der Waals surface area contributed by atoms with Crippen LogP contribution in [0.15, 0.2) is 18.2 Å². The van der Waals surface area contributed by atoms with E-state index >= 15 is 0 Å². The number of likely N-dealkylation sites (tertiary alicyclic amines) is 1. The number of carbonyl (C=O) groups excluding carboxylic acids is 1. The van der Waals surface area contributed by atoms with Gasteiger partial charge in [-0.3, -0.25) is 4.84 Å². The van der Waals surface area contributed by atoms with Gasteiger partial charge < -0.3 is 9.80 Å². The van der Waals surface area contributed by atoms with Crippen LogP contribution in [0.2, 0.25) is 0 Å². The van der Waals surface area contributed by atoms with E-state index in [0.717, 1.165) is 6.07 Å². The van der Waals surface area contributed by atoms with Gasteiger partial charge in [-0.25, -0.2) is 19.5 Å². The van der Waals surface area contributed by atoms with E-state index in [1.807, 2.05) is 13.8 Å². The van der Waals surface area contributed by atoms with Crippen LogP contribution in [-0.4, -0.2) is 48.1 Å². The van der Waals surface area contributed by atoms with Crippen molar-refractivity contribution in [2.75, 3.05) is 20.1 Å². The maximum Gasteiger partial charge on any atom is 0.320 e. The first-order valence-electron chi connectivity index (χ1n) is 8.16. The van der Waals surface area contributed by atoms with E-state index in [2.05, 4.69) is 0 Å². The first kappa shape index (κ1) is 18.6. The van der Waals surface area contributed by atoms with Crippen LogP contribution in [0, 0.1) is 11.6 Å². The van der Waals surface area contributed by atoms with Gasteiger partial charge in [-0.1, -0.05) is 12.1 Å². The molecule has 5 nitrogen and oxygen atoms in total. The van der Waals surface area contributed by atoms with Gasteiger partial charge in [0.15, 0.2) is 11.6 Å². The minimum Gasteiger partial charge on any atom is -0.325 e. The quantitative estimate of drug-likeness (QED) is 0.860. The molecule has 1 aromatic rings. The Kier molecular flexibility index (Phi) is 6.12. The summed E-state index contributed by atoms with van der Waals surface area (Å²) in [7, 11) is 1.72. The molecule has 0 bridgehead atoms. The molecule has 2 rings (SSSR count). The van der Waals surface area contributed by atoms with Crippen LogP contribution in [0.3, 0.4) is 0 Å². The average molecular weight is 341 g/mol. The molecule has 134 valence electrons. The van der Waals surface area contributed by atoms with Gasteiger partial charge in [0.1, 0.15) is 0 Å². The van der Waals surface area contributed by atoms with E-state index in [1.165, 1.54) is 6.07 Å². The van der Waals surface area contributed by atoms with Crippen molar-refractivity contribution in [3.8, 4) is 0 Å². The van der Waals surface area contributed by atoms with Crippen molar-refractivity contribution in [3.63, 3.8) is 0 Å². The molecule has 0 aliphatic carbocycles. The van der Waals surface area contributed by atoms with Crippen LogP contribution >= 0.6 is 0 Å². The number of nitrogens with two attached hydrogens (primary N) is 1. The first-order chi connectivity index (χ1) is 11.3. The Bertz CT molecular complexity index is 583. The first-order valence-corrected chi connectivity index (χ1v) is 8.16. The fraction of sp³-hybridized carbons (Fsp3) is 0.588. The van der Waals surface area contributed by atoms with Gasteiger partial charge in [-0.05, 0) is 38.3 Å². The Labute approximate surface area is 141 Å². The summed E-state index contributed by atoms with van der Waals surface area (Å²) in [5.41, 5.74) is 0.290. The van der Waals surface area contributed by atoms with Crippen molar-refractivity contribution < 1.29 is 18.4 Å². The van der Waals surface area contributed by atoms with E-state index in [-0.39, 0.29) is 29.7 Å². The topological polar surface area (TPSA) is 58.8 Å². The van der Waals surface area contributed by atoms with Crippen LogP contribution in [0.25, 0.3) is 0 Å². The van der Waals surface area contributed by atoms with Gasteiger partial charge in [-0.15, -0.1) is 0 Å². The smallest absolute Gasteiger partial charge is 0.320 e. The highest BCUT2D eigenvalue weighted by atomic mass is 19.2. The number of hydrogen-bond donors (Lipinski definition) is 1. The zero-order valence-corrected chi connectivity index (χ0v) is 14.3. The molecular formula is C17H25F2N3O2. The fourth-order valence-corrected chi connectivity index (χ4v) is 2.96. The molecule has 1 aliphatic heterocycles. The Morgan fingerprint density at radius 3 is 2.67 bits per heavy atom. The lowest BCUT2D eigenvalue weighted by Gasteiger charge is -2.32. The molecule has 2 N–H and O–H groups in total. The maximum atomic E-state index is 14.2.